The van der Waals surface area contributed by atoms with Crippen LogP contribution in [-0.4, -0.2) is 36.2 Å². The topological polar surface area (TPSA) is 111 Å². The van der Waals surface area contributed by atoms with Gasteiger partial charge in [0, 0.05) is 17.7 Å². The number of hydrogen-bond donors (Lipinski definition) is 3. The molecule has 0 saturated carbocycles. The van der Waals surface area contributed by atoms with E-state index in [1.807, 2.05) is 0 Å². The van der Waals surface area contributed by atoms with E-state index in [0.717, 1.165) is 5.56 Å². The van der Waals surface area contributed by atoms with Crippen molar-refractivity contribution in [2.45, 2.75) is 25.2 Å². The molecule has 2 rings (SSSR count). The number of carboxylic acid groups (broad SMARTS) is 1. The zero-order valence-corrected chi connectivity index (χ0v) is 11.5. The Bertz CT molecular complexity index is 497. The molecule has 114 valence electrons. The minimum absolute atomic E-state index is 0.100. The number of rotatable bonds is 6. The summed E-state index contributed by atoms with van der Waals surface area (Å²) in [6.07, 6.45) is -0.389. The molecule has 1 amide bonds. The fourth-order valence-corrected chi connectivity index (χ4v) is 1.92. The van der Waals surface area contributed by atoms with Crippen molar-refractivity contribution in [2.75, 3.05) is 18.5 Å². The summed E-state index contributed by atoms with van der Waals surface area (Å²) in [7, 11) is 0. The molecule has 1 fully saturated rings. The molecule has 1 aromatic rings. The minimum Gasteiger partial charge on any atom is -0.481 e. The van der Waals surface area contributed by atoms with Crippen LogP contribution in [0.15, 0.2) is 24.3 Å². The molecular formula is C14H18N2O5. The predicted octanol–water partition coefficient (Wildman–Crippen LogP) is 0.863. The van der Waals surface area contributed by atoms with Crippen molar-refractivity contribution in [2.24, 2.45) is 5.73 Å². The highest BCUT2D eigenvalue weighted by molar-refractivity contribution is 5.94. The first-order valence-electron chi connectivity index (χ1n) is 6.67. The quantitative estimate of drug-likeness (QED) is 0.717. The van der Waals surface area contributed by atoms with E-state index in [1.165, 1.54) is 0 Å². The molecule has 0 aromatic heterocycles. The molecule has 1 aliphatic rings. The van der Waals surface area contributed by atoms with Crippen LogP contribution >= 0.6 is 0 Å². The highest BCUT2D eigenvalue weighted by Gasteiger charge is 2.18. The van der Waals surface area contributed by atoms with Crippen molar-refractivity contribution in [1.82, 2.24) is 0 Å². The van der Waals surface area contributed by atoms with Gasteiger partial charge in [0.15, 0.2) is 6.29 Å². The van der Waals surface area contributed by atoms with Gasteiger partial charge in [0.2, 0.25) is 5.91 Å². The first-order chi connectivity index (χ1) is 10.1. The van der Waals surface area contributed by atoms with E-state index in [2.05, 4.69) is 5.32 Å². The van der Waals surface area contributed by atoms with Gasteiger partial charge in [0.25, 0.3) is 0 Å². The molecule has 21 heavy (non-hydrogen) atoms. The average molecular weight is 294 g/mol. The van der Waals surface area contributed by atoms with Crippen molar-refractivity contribution < 1.29 is 24.2 Å². The van der Waals surface area contributed by atoms with Gasteiger partial charge in [-0.05, 0) is 18.6 Å². The summed E-state index contributed by atoms with van der Waals surface area (Å²) < 4.78 is 10.7. The fraction of sp³-hybridized carbons (Fsp3) is 0.429. The molecule has 1 aromatic carbocycles. The lowest BCUT2D eigenvalue weighted by atomic mass is 10.1. The smallest absolute Gasteiger partial charge is 0.303 e. The third-order valence-corrected chi connectivity index (χ3v) is 3.08. The first kappa shape index (κ1) is 15.4. The van der Waals surface area contributed by atoms with Gasteiger partial charge in [0.1, 0.15) is 0 Å². The third-order valence-electron chi connectivity index (χ3n) is 3.08. The Labute approximate surface area is 122 Å². The highest BCUT2D eigenvalue weighted by Crippen LogP contribution is 2.24. The average Bonchev–Trinajstić information content (AvgIpc) is 2.99. The van der Waals surface area contributed by atoms with Crippen LogP contribution < -0.4 is 11.1 Å². The van der Waals surface area contributed by atoms with E-state index in [4.69, 9.17) is 20.3 Å². The second-order valence-corrected chi connectivity index (χ2v) is 4.72. The molecule has 0 radical (unpaired) electrons. The Morgan fingerprint density at radius 3 is 2.48 bits per heavy atom. The lowest BCUT2D eigenvalue weighted by Crippen LogP contribution is -2.36. The van der Waals surface area contributed by atoms with E-state index in [9.17, 15) is 9.59 Å². The summed E-state index contributed by atoms with van der Waals surface area (Å²) in [6, 6.07) is 6.20. The summed E-state index contributed by atoms with van der Waals surface area (Å²) in [5.41, 5.74) is 7.09. The zero-order chi connectivity index (χ0) is 15.2. The number of hydrogen-bond acceptors (Lipinski definition) is 5. The molecule has 1 aliphatic heterocycles. The molecule has 7 nitrogen and oxygen atoms in total. The van der Waals surface area contributed by atoms with E-state index in [0.29, 0.717) is 18.9 Å². The maximum absolute atomic E-state index is 11.8. The van der Waals surface area contributed by atoms with E-state index < -0.39 is 17.9 Å². The van der Waals surface area contributed by atoms with Gasteiger partial charge in [-0.2, -0.15) is 0 Å². The molecule has 1 saturated heterocycles. The van der Waals surface area contributed by atoms with Gasteiger partial charge in [-0.15, -0.1) is 0 Å². The molecule has 4 N–H and O–H groups in total. The molecule has 0 bridgehead atoms. The largest absolute Gasteiger partial charge is 0.481 e. The summed E-state index contributed by atoms with van der Waals surface area (Å²) in [5.74, 6) is -1.38. The van der Waals surface area contributed by atoms with E-state index >= 15 is 0 Å². The molecule has 7 heteroatoms. The van der Waals surface area contributed by atoms with Crippen LogP contribution in [0.25, 0.3) is 0 Å². The van der Waals surface area contributed by atoms with Crippen molar-refractivity contribution in [3.05, 3.63) is 29.8 Å². The van der Waals surface area contributed by atoms with Crippen molar-refractivity contribution in [3.63, 3.8) is 0 Å². The normalized spacial score (nSPS) is 16.6. The maximum atomic E-state index is 11.8. The molecule has 0 aliphatic carbocycles. The maximum Gasteiger partial charge on any atom is 0.303 e. The Balaban J connectivity index is 1.87. The van der Waals surface area contributed by atoms with E-state index in [-0.39, 0.29) is 19.1 Å². The van der Waals surface area contributed by atoms with Crippen LogP contribution in [0.1, 0.15) is 24.7 Å². The fourth-order valence-electron chi connectivity index (χ4n) is 1.92. The van der Waals surface area contributed by atoms with Gasteiger partial charge in [-0.1, -0.05) is 12.1 Å². The Kier molecular flexibility index (Phi) is 5.26. The summed E-state index contributed by atoms with van der Waals surface area (Å²) in [5, 5.41) is 11.2. The third kappa shape index (κ3) is 4.52. The first-order valence-corrected chi connectivity index (χ1v) is 6.67. The van der Waals surface area contributed by atoms with Gasteiger partial charge >= 0.3 is 5.97 Å². The van der Waals surface area contributed by atoms with Gasteiger partial charge in [0.05, 0.1) is 19.3 Å². The second-order valence-electron chi connectivity index (χ2n) is 4.72. The minimum atomic E-state index is -0.973. The van der Waals surface area contributed by atoms with Crippen LogP contribution in [0.2, 0.25) is 0 Å². The van der Waals surface area contributed by atoms with Crippen molar-refractivity contribution in [3.8, 4) is 0 Å². The molecule has 1 atom stereocenters. The number of benzene rings is 1. The molecule has 1 heterocycles. The van der Waals surface area contributed by atoms with Gasteiger partial charge in [-0.25, -0.2) is 0 Å². The number of aliphatic carboxylic acids is 1. The standard InChI is InChI=1S/C14H18N2O5/c15-11(5-6-12(17)18)13(19)16-10-3-1-9(2-4-10)14-20-7-8-21-14/h1-4,11,14H,5-8,15H2,(H,16,19)(H,17,18). The van der Waals surface area contributed by atoms with Crippen LogP contribution in [0, 0.1) is 0 Å². The van der Waals surface area contributed by atoms with Crippen LogP contribution in [0.5, 0.6) is 0 Å². The van der Waals surface area contributed by atoms with Crippen molar-refractivity contribution >= 4 is 17.6 Å². The summed E-state index contributed by atoms with van der Waals surface area (Å²) in [6.45, 7) is 1.14. The Morgan fingerprint density at radius 2 is 1.90 bits per heavy atom. The number of carbonyl (C=O) groups excluding carboxylic acids is 1. The lowest BCUT2D eigenvalue weighted by Gasteiger charge is -2.13. The molecular weight excluding hydrogens is 276 g/mol. The second kappa shape index (κ2) is 7.16. The monoisotopic (exact) mass is 294 g/mol. The van der Waals surface area contributed by atoms with Crippen LogP contribution in [0.4, 0.5) is 5.69 Å². The number of ether oxygens (including phenoxy) is 2. The summed E-state index contributed by atoms with van der Waals surface area (Å²) >= 11 is 0. The number of amides is 1. The number of nitrogens with one attached hydrogen (secondary N) is 1. The predicted molar refractivity (Wildman–Crippen MR) is 74.6 cm³/mol. The van der Waals surface area contributed by atoms with Gasteiger partial charge in [-0.3, -0.25) is 9.59 Å². The number of nitrogens with two attached hydrogens (primary N) is 1. The lowest BCUT2D eigenvalue weighted by molar-refractivity contribution is -0.137. The van der Waals surface area contributed by atoms with Crippen LogP contribution in [-0.2, 0) is 19.1 Å². The Hall–Kier alpha value is -1.96. The zero-order valence-electron chi connectivity index (χ0n) is 11.5. The molecule has 0 spiro atoms. The van der Waals surface area contributed by atoms with Gasteiger partial charge < -0.3 is 25.6 Å². The number of carboxylic acids is 1. The highest BCUT2D eigenvalue weighted by atomic mass is 16.7. The Morgan fingerprint density at radius 1 is 1.29 bits per heavy atom. The van der Waals surface area contributed by atoms with Crippen LogP contribution in [0.3, 0.4) is 0 Å². The number of anilines is 1. The molecule has 1 unspecified atom stereocenters. The van der Waals surface area contributed by atoms with Crippen molar-refractivity contribution in [1.29, 1.82) is 0 Å². The summed E-state index contributed by atoms with van der Waals surface area (Å²) in [4.78, 5) is 22.2. The number of carbonyl (C=O) groups is 2. The SMILES string of the molecule is NC(CCC(=O)O)C(=O)Nc1ccc(C2OCCO2)cc1. The van der Waals surface area contributed by atoms with E-state index in [1.54, 1.807) is 24.3 Å².